The Kier molecular flexibility index (Phi) is 9.91. The normalized spacial score (nSPS) is 13.6. The van der Waals surface area contributed by atoms with Crippen LogP contribution in [0.3, 0.4) is 0 Å². The summed E-state index contributed by atoms with van der Waals surface area (Å²) in [5.41, 5.74) is 0.463. The fraction of sp³-hybridized carbons (Fsp3) is 0.414. The van der Waals surface area contributed by atoms with Crippen molar-refractivity contribution in [3.05, 3.63) is 60.9 Å². The smallest absolute Gasteiger partial charge is 0.348 e. The molecule has 1 aromatic heterocycles. The lowest BCUT2D eigenvalue weighted by Crippen LogP contribution is -2.34. The van der Waals surface area contributed by atoms with E-state index in [0.29, 0.717) is 37.4 Å². The van der Waals surface area contributed by atoms with Gasteiger partial charge < -0.3 is 9.47 Å². The zero-order valence-corrected chi connectivity index (χ0v) is 21.2. The van der Waals surface area contributed by atoms with E-state index in [2.05, 4.69) is 16.9 Å². The maximum absolute atomic E-state index is 14.3. The Hall–Kier alpha value is -3.35. The van der Waals surface area contributed by atoms with Crippen molar-refractivity contribution in [1.82, 2.24) is 9.97 Å². The Bertz CT molecular complexity index is 1090. The zero-order chi connectivity index (χ0) is 26.0. The summed E-state index contributed by atoms with van der Waals surface area (Å²) in [5.74, 6) is 0.644. The molecule has 192 valence electrons. The van der Waals surface area contributed by atoms with Crippen LogP contribution in [-0.2, 0) is 4.79 Å². The summed E-state index contributed by atoms with van der Waals surface area (Å²) in [7, 11) is 0. The Labute approximate surface area is 211 Å². The van der Waals surface area contributed by atoms with Crippen molar-refractivity contribution in [2.75, 3.05) is 6.61 Å². The van der Waals surface area contributed by atoms with Crippen LogP contribution >= 0.6 is 0 Å². The van der Waals surface area contributed by atoms with Crippen LogP contribution in [0.25, 0.3) is 22.5 Å². The lowest BCUT2D eigenvalue weighted by Gasteiger charge is -2.17. The first kappa shape index (κ1) is 27.2. The van der Waals surface area contributed by atoms with Crippen LogP contribution in [0.1, 0.15) is 59.3 Å². The number of hydrogen-bond acceptors (Lipinski definition) is 5. The van der Waals surface area contributed by atoms with E-state index < -0.39 is 17.8 Å². The fourth-order valence-electron chi connectivity index (χ4n) is 3.70. The Balaban J connectivity index is 1.56. The van der Waals surface area contributed by atoms with Gasteiger partial charge in [-0.2, -0.15) is 0 Å². The first-order valence-corrected chi connectivity index (χ1v) is 12.5. The van der Waals surface area contributed by atoms with E-state index in [0.717, 1.165) is 29.5 Å². The highest BCUT2D eigenvalue weighted by Crippen LogP contribution is 2.26. The van der Waals surface area contributed by atoms with Crippen LogP contribution in [0, 0.1) is 0 Å². The SMILES string of the molecule is CCCC[C@H](F)CCOc1ccc(-c2ncc(-c3ccc(OC(=O)[C@@](C)(F)CCC)cc3)cn2)cc1. The summed E-state index contributed by atoms with van der Waals surface area (Å²) in [4.78, 5) is 21.0. The van der Waals surface area contributed by atoms with E-state index >= 15 is 0 Å². The van der Waals surface area contributed by atoms with Gasteiger partial charge in [0.05, 0.1) is 6.61 Å². The van der Waals surface area contributed by atoms with Crippen LogP contribution in [-0.4, -0.2) is 34.4 Å². The van der Waals surface area contributed by atoms with Crippen LogP contribution < -0.4 is 9.47 Å². The molecule has 0 unspecified atom stereocenters. The van der Waals surface area contributed by atoms with Gasteiger partial charge in [0.2, 0.25) is 5.67 Å². The maximum atomic E-state index is 14.3. The van der Waals surface area contributed by atoms with E-state index in [1.54, 1.807) is 36.7 Å². The van der Waals surface area contributed by atoms with Gasteiger partial charge in [0.15, 0.2) is 5.82 Å². The molecule has 0 aliphatic carbocycles. The minimum Gasteiger partial charge on any atom is -0.493 e. The molecule has 0 amide bonds. The van der Waals surface area contributed by atoms with Gasteiger partial charge in [0, 0.05) is 29.9 Å². The summed E-state index contributed by atoms with van der Waals surface area (Å²) >= 11 is 0. The van der Waals surface area contributed by atoms with Gasteiger partial charge in [-0.3, -0.25) is 0 Å². The molecule has 0 aliphatic heterocycles. The molecule has 3 rings (SSSR count). The van der Waals surface area contributed by atoms with E-state index in [1.165, 1.54) is 6.92 Å². The van der Waals surface area contributed by atoms with Crippen molar-refractivity contribution in [3.63, 3.8) is 0 Å². The summed E-state index contributed by atoms with van der Waals surface area (Å²) < 4.78 is 38.9. The lowest BCUT2D eigenvalue weighted by molar-refractivity contribution is -0.147. The summed E-state index contributed by atoms with van der Waals surface area (Å²) in [6.07, 6.45) is 6.14. The molecule has 0 fully saturated rings. The molecule has 7 heteroatoms. The molecular weight excluding hydrogens is 462 g/mol. The largest absolute Gasteiger partial charge is 0.493 e. The zero-order valence-electron chi connectivity index (χ0n) is 21.2. The highest BCUT2D eigenvalue weighted by molar-refractivity contribution is 5.81. The second kappa shape index (κ2) is 13.1. The predicted molar refractivity (Wildman–Crippen MR) is 137 cm³/mol. The number of ether oxygens (including phenoxy) is 2. The molecule has 0 aliphatic rings. The van der Waals surface area contributed by atoms with Gasteiger partial charge in [-0.05, 0) is 61.7 Å². The van der Waals surface area contributed by atoms with Gasteiger partial charge in [0.25, 0.3) is 0 Å². The molecule has 5 nitrogen and oxygen atoms in total. The molecule has 0 N–H and O–H groups in total. The number of unbranched alkanes of at least 4 members (excludes halogenated alkanes) is 1. The molecule has 0 bridgehead atoms. The van der Waals surface area contributed by atoms with E-state index in [1.807, 2.05) is 31.2 Å². The third kappa shape index (κ3) is 7.83. The molecule has 0 spiro atoms. The number of carbonyl (C=O) groups is 1. The molecule has 36 heavy (non-hydrogen) atoms. The number of alkyl halides is 2. The maximum Gasteiger partial charge on any atom is 0.348 e. The van der Waals surface area contributed by atoms with Gasteiger partial charge >= 0.3 is 5.97 Å². The first-order valence-electron chi connectivity index (χ1n) is 12.5. The highest BCUT2D eigenvalue weighted by Gasteiger charge is 2.34. The molecule has 3 aromatic rings. The monoisotopic (exact) mass is 496 g/mol. The second-order valence-electron chi connectivity index (χ2n) is 9.06. The van der Waals surface area contributed by atoms with Gasteiger partial charge in [-0.1, -0.05) is 45.2 Å². The van der Waals surface area contributed by atoms with Crippen molar-refractivity contribution in [2.45, 2.75) is 71.1 Å². The third-order valence-electron chi connectivity index (χ3n) is 5.88. The standard InChI is InChI=1S/C29H34F2N2O3/c1-4-6-7-24(30)16-18-35-25-12-10-22(11-13-25)27-32-19-23(20-33-27)21-8-14-26(15-9-21)36-28(34)29(3,31)17-5-2/h8-15,19-20,24H,4-7,16-18H2,1-3H3/t24-,29-/m0/s1. The van der Waals surface area contributed by atoms with Crippen LogP contribution in [0.2, 0.25) is 0 Å². The van der Waals surface area contributed by atoms with Crippen molar-refractivity contribution >= 4 is 5.97 Å². The first-order chi connectivity index (χ1) is 17.3. The van der Waals surface area contributed by atoms with E-state index in [-0.39, 0.29) is 12.2 Å². The number of halogens is 2. The average molecular weight is 497 g/mol. The molecule has 1 heterocycles. The highest BCUT2D eigenvalue weighted by atomic mass is 19.1. The average Bonchev–Trinajstić information content (AvgIpc) is 2.88. The third-order valence-corrected chi connectivity index (χ3v) is 5.88. The van der Waals surface area contributed by atoms with Gasteiger partial charge in [0.1, 0.15) is 17.7 Å². The minimum atomic E-state index is -2.01. The molecule has 0 saturated carbocycles. The number of benzene rings is 2. The summed E-state index contributed by atoms with van der Waals surface area (Å²) in [6.45, 7) is 5.46. The number of esters is 1. The quantitative estimate of drug-likeness (QED) is 0.181. The summed E-state index contributed by atoms with van der Waals surface area (Å²) in [5, 5.41) is 0. The predicted octanol–water partition coefficient (Wildman–Crippen LogP) is 7.54. The number of aromatic nitrogens is 2. The van der Waals surface area contributed by atoms with Crippen LogP contribution in [0.4, 0.5) is 8.78 Å². The molecule has 2 aromatic carbocycles. The van der Waals surface area contributed by atoms with Crippen LogP contribution in [0.15, 0.2) is 60.9 Å². The molecule has 0 radical (unpaired) electrons. The molecule has 0 saturated heterocycles. The number of rotatable bonds is 13. The van der Waals surface area contributed by atoms with E-state index in [4.69, 9.17) is 9.47 Å². The van der Waals surface area contributed by atoms with Crippen molar-refractivity contribution in [1.29, 1.82) is 0 Å². The number of carbonyl (C=O) groups excluding carboxylic acids is 1. The number of hydrogen-bond donors (Lipinski definition) is 0. The van der Waals surface area contributed by atoms with Gasteiger partial charge in [-0.25, -0.2) is 23.5 Å². The molecular formula is C29H34F2N2O3. The Morgan fingerprint density at radius 3 is 2.11 bits per heavy atom. The number of nitrogens with zero attached hydrogens (tertiary/aromatic N) is 2. The lowest BCUT2D eigenvalue weighted by atomic mass is 10.0. The summed E-state index contributed by atoms with van der Waals surface area (Å²) in [6, 6.07) is 14.2. The van der Waals surface area contributed by atoms with Gasteiger partial charge in [-0.15, -0.1) is 0 Å². The fourth-order valence-corrected chi connectivity index (χ4v) is 3.70. The Morgan fingerprint density at radius 2 is 1.50 bits per heavy atom. The Morgan fingerprint density at radius 1 is 0.889 bits per heavy atom. The minimum absolute atomic E-state index is 0.113. The van der Waals surface area contributed by atoms with Crippen LogP contribution in [0.5, 0.6) is 11.5 Å². The van der Waals surface area contributed by atoms with E-state index in [9.17, 15) is 13.6 Å². The topological polar surface area (TPSA) is 61.3 Å². The van der Waals surface area contributed by atoms with Crippen molar-refractivity contribution in [2.24, 2.45) is 0 Å². The van der Waals surface area contributed by atoms with Crippen molar-refractivity contribution in [3.8, 4) is 34.0 Å². The molecule has 2 atom stereocenters. The second-order valence-corrected chi connectivity index (χ2v) is 9.06. The van der Waals surface area contributed by atoms with Crippen molar-refractivity contribution < 1.29 is 23.0 Å².